The highest BCUT2D eigenvalue weighted by Gasteiger charge is 2.14. The quantitative estimate of drug-likeness (QED) is 0.685. The summed E-state index contributed by atoms with van der Waals surface area (Å²) in [6, 6.07) is 6.85. The van der Waals surface area contributed by atoms with E-state index < -0.39 is 0 Å². The molecule has 3 heteroatoms. The van der Waals surface area contributed by atoms with Gasteiger partial charge in [0.1, 0.15) is 0 Å². The Kier molecular flexibility index (Phi) is 5.98. The van der Waals surface area contributed by atoms with Crippen molar-refractivity contribution in [1.82, 2.24) is 5.32 Å². The summed E-state index contributed by atoms with van der Waals surface area (Å²) in [7, 11) is 0. The molecule has 0 amide bonds. The second-order valence-electron chi connectivity index (χ2n) is 6.34. The molecule has 108 valence electrons. The number of benzene rings is 1. The van der Waals surface area contributed by atoms with Crippen LogP contribution in [0.2, 0.25) is 0 Å². The Bertz CT molecular complexity index is 393. The van der Waals surface area contributed by atoms with E-state index in [1.54, 1.807) is 0 Å². The Balaban J connectivity index is 2.58. The van der Waals surface area contributed by atoms with Crippen molar-refractivity contribution in [2.45, 2.75) is 45.6 Å². The Morgan fingerprint density at radius 2 is 1.95 bits per heavy atom. The van der Waals surface area contributed by atoms with Gasteiger partial charge in [-0.15, -0.1) is 0 Å². The minimum absolute atomic E-state index is 0.0574. The van der Waals surface area contributed by atoms with Crippen LogP contribution in [0.1, 0.15) is 37.5 Å². The molecular weight excluding hydrogens is 234 g/mol. The van der Waals surface area contributed by atoms with Crippen LogP contribution in [0.5, 0.6) is 0 Å². The third kappa shape index (κ3) is 5.31. The number of aryl methyl sites for hydroxylation is 1. The molecule has 0 aromatic heterocycles. The van der Waals surface area contributed by atoms with Gasteiger partial charge in [0.2, 0.25) is 0 Å². The predicted octanol–water partition coefficient (Wildman–Crippen LogP) is 1.71. The smallest absolute Gasteiger partial charge is 0.0290 e. The fourth-order valence-electron chi connectivity index (χ4n) is 2.00. The zero-order valence-corrected chi connectivity index (χ0v) is 12.8. The van der Waals surface area contributed by atoms with Gasteiger partial charge in [0.25, 0.3) is 0 Å². The SMILES string of the molecule is Cc1ccc(C(C)(C)C)cc1CCNCC(N)CN. The van der Waals surface area contributed by atoms with E-state index in [1.165, 1.54) is 16.7 Å². The molecule has 1 aromatic rings. The van der Waals surface area contributed by atoms with E-state index in [4.69, 9.17) is 11.5 Å². The van der Waals surface area contributed by atoms with Gasteiger partial charge in [-0.05, 0) is 42.0 Å². The molecule has 0 radical (unpaired) electrons. The van der Waals surface area contributed by atoms with Crippen LogP contribution in [-0.2, 0) is 11.8 Å². The minimum Gasteiger partial charge on any atom is -0.329 e. The highest BCUT2D eigenvalue weighted by molar-refractivity contribution is 5.34. The Labute approximate surface area is 117 Å². The number of nitrogens with one attached hydrogen (secondary N) is 1. The molecule has 0 aliphatic rings. The Morgan fingerprint density at radius 1 is 1.26 bits per heavy atom. The van der Waals surface area contributed by atoms with Gasteiger partial charge in [-0.25, -0.2) is 0 Å². The number of hydrogen-bond donors (Lipinski definition) is 3. The molecule has 19 heavy (non-hydrogen) atoms. The third-order valence-corrected chi connectivity index (χ3v) is 3.50. The highest BCUT2D eigenvalue weighted by Crippen LogP contribution is 2.24. The van der Waals surface area contributed by atoms with Crippen molar-refractivity contribution in [1.29, 1.82) is 0 Å². The normalized spacial score (nSPS) is 13.6. The van der Waals surface area contributed by atoms with Crippen molar-refractivity contribution in [3.8, 4) is 0 Å². The summed E-state index contributed by atoms with van der Waals surface area (Å²) in [5.74, 6) is 0. The topological polar surface area (TPSA) is 64.1 Å². The van der Waals surface area contributed by atoms with Gasteiger partial charge in [-0.3, -0.25) is 0 Å². The summed E-state index contributed by atoms with van der Waals surface area (Å²) >= 11 is 0. The first-order chi connectivity index (χ1) is 8.84. The maximum Gasteiger partial charge on any atom is 0.0290 e. The molecule has 1 unspecified atom stereocenters. The second-order valence-corrected chi connectivity index (χ2v) is 6.34. The van der Waals surface area contributed by atoms with Crippen LogP contribution in [-0.4, -0.2) is 25.7 Å². The van der Waals surface area contributed by atoms with Crippen molar-refractivity contribution >= 4 is 0 Å². The lowest BCUT2D eigenvalue weighted by Gasteiger charge is -2.21. The van der Waals surface area contributed by atoms with Gasteiger partial charge >= 0.3 is 0 Å². The molecular formula is C16H29N3. The average molecular weight is 263 g/mol. The van der Waals surface area contributed by atoms with Crippen molar-refractivity contribution in [2.24, 2.45) is 11.5 Å². The van der Waals surface area contributed by atoms with Gasteiger partial charge in [-0.1, -0.05) is 39.0 Å². The van der Waals surface area contributed by atoms with E-state index in [9.17, 15) is 0 Å². The van der Waals surface area contributed by atoms with Gasteiger partial charge in [0, 0.05) is 19.1 Å². The van der Waals surface area contributed by atoms with Gasteiger partial charge < -0.3 is 16.8 Å². The number of hydrogen-bond acceptors (Lipinski definition) is 3. The van der Waals surface area contributed by atoms with E-state index >= 15 is 0 Å². The zero-order chi connectivity index (χ0) is 14.5. The highest BCUT2D eigenvalue weighted by atomic mass is 14.9. The maximum absolute atomic E-state index is 5.78. The summed E-state index contributed by atoms with van der Waals surface area (Å²) < 4.78 is 0. The van der Waals surface area contributed by atoms with Crippen LogP contribution >= 0.6 is 0 Å². The van der Waals surface area contributed by atoms with E-state index in [-0.39, 0.29) is 11.5 Å². The lowest BCUT2D eigenvalue weighted by molar-refractivity contribution is 0.578. The van der Waals surface area contributed by atoms with Crippen molar-refractivity contribution in [3.63, 3.8) is 0 Å². The van der Waals surface area contributed by atoms with E-state index in [0.29, 0.717) is 6.54 Å². The van der Waals surface area contributed by atoms with Crippen molar-refractivity contribution < 1.29 is 0 Å². The largest absolute Gasteiger partial charge is 0.329 e. The standard InChI is InChI=1S/C16H29N3/c1-12-5-6-14(16(2,3)4)9-13(12)7-8-19-11-15(18)10-17/h5-6,9,15,19H,7-8,10-11,17-18H2,1-4H3. The molecule has 0 heterocycles. The summed E-state index contributed by atoms with van der Waals surface area (Å²) in [6.07, 6.45) is 1.03. The monoisotopic (exact) mass is 263 g/mol. The molecule has 0 aliphatic heterocycles. The molecule has 0 spiro atoms. The summed E-state index contributed by atoms with van der Waals surface area (Å²) in [5, 5.41) is 3.36. The van der Waals surface area contributed by atoms with E-state index in [0.717, 1.165) is 19.5 Å². The molecule has 0 fully saturated rings. The zero-order valence-electron chi connectivity index (χ0n) is 12.8. The van der Waals surface area contributed by atoms with Gasteiger partial charge in [-0.2, -0.15) is 0 Å². The van der Waals surface area contributed by atoms with Crippen LogP contribution in [0.15, 0.2) is 18.2 Å². The molecule has 0 aliphatic carbocycles. The molecule has 3 nitrogen and oxygen atoms in total. The average Bonchev–Trinajstić information content (AvgIpc) is 2.34. The molecule has 1 atom stereocenters. The Hall–Kier alpha value is -0.900. The summed E-state index contributed by atoms with van der Waals surface area (Å²) in [4.78, 5) is 0. The fourth-order valence-corrected chi connectivity index (χ4v) is 2.00. The molecule has 0 saturated carbocycles. The minimum atomic E-state index is 0.0574. The lowest BCUT2D eigenvalue weighted by Crippen LogP contribution is -2.40. The Morgan fingerprint density at radius 3 is 2.53 bits per heavy atom. The maximum atomic E-state index is 5.78. The van der Waals surface area contributed by atoms with Crippen LogP contribution < -0.4 is 16.8 Å². The first-order valence-corrected chi connectivity index (χ1v) is 7.11. The predicted molar refractivity (Wildman–Crippen MR) is 83.5 cm³/mol. The number of nitrogens with two attached hydrogens (primary N) is 2. The van der Waals surface area contributed by atoms with Crippen molar-refractivity contribution in [2.75, 3.05) is 19.6 Å². The second kappa shape index (κ2) is 7.04. The fraction of sp³-hybridized carbons (Fsp3) is 0.625. The first-order valence-electron chi connectivity index (χ1n) is 7.11. The van der Waals surface area contributed by atoms with E-state index in [2.05, 4.69) is 51.2 Å². The molecule has 0 bridgehead atoms. The van der Waals surface area contributed by atoms with Crippen LogP contribution in [0.4, 0.5) is 0 Å². The van der Waals surface area contributed by atoms with Gasteiger partial charge in [0.05, 0.1) is 0 Å². The van der Waals surface area contributed by atoms with E-state index in [1.807, 2.05) is 0 Å². The molecule has 0 saturated heterocycles. The van der Waals surface area contributed by atoms with Crippen LogP contribution in [0, 0.1) is 6.92 Å². The first kappa shape index (κ1) is 16.2. The van der Waals surface area contributed by atoms with Crippen LogP contribution in [0.25, 0.3) is 0 Å². The summed E-state index contributed by atoms with van der Waals surface area (Å²) in [6.45, 7) is 11.2. The summed E-state index contributed by atoms with van der Waals surface area (Å²) in [5.41, 5.74) is 15.6. The lowest BCUT2D eigenvalue weighted by atomic mass is 9.85. The third-order valence-electron chi connectivity index (χ3n) is 3.50. The van der Waals surface area contributed by atoms with Crippen molar-refractivity contribution in [3.05, 3.63) is 34.9 Å². The molecule has 5 N–H and O–H groups in total. The molecule has 1 rings (SSSR count). The van der Waals surface area contributed by atoms with Crippen LogP contribution in [0.3, 0.4) is 0 Å². The molecule has 1 aromatic carbocycles. The van der Waals surface area contributed by atoms with Gasteiger partial charge in [0.15, 0.2) is 0 Å². The number of rotatable bonds is 6.